The first kappa shape index (κ1) is 26.3. The number of carbonyl (C=O) groups excluding carboxylic acids is 1. The van der Waals surface area contributed by atoms with Gasteiger partial charge in [-0.2, -0.15) is 4.72 Å². The Hall–Kier alpha value is -3.34. The molecule has 1 saturated carbocycles. The van der Waals surface area contributed by atoms with E-state index in [4.69, 9.17) is 17.0 Å². The predicted molar refractivity (Wildman–Crippen MR) is 150 cm³/mol. The highest BCUT2D eigenvalue weighted by Gasteiger charge is 2.48. The number of hydrogen-bond donors (Lipinski definition) is 2. The second kappa shape index (κ2) is 10.4. The van der Waals surface area contributed by atoms with E-state index in [2.05, 4.69) is 15.0 Å². The maximum atomic E-state index is 13.3. The minimum absolute atomic E-state index is 0.117. The zero-order valence-corrected chi connectivity index (χ0v) is 22.9. The molecule has 1 fully saturated rings. The summed E-state index contributed by atoms with van der Waals surface area (Å²) in [4.78, 5) is 18.5. The molecule has 0 spiro atoms. The summed E-state index contributed by atoms with van der Waals surface area (Å²) in [5.74, 6) is -0.918. The molecule has 0 radical (unpaired) electrons. The van der Waals surface area contributed by atoms with Crippen molar-refractivity contribution >= 4 is 49.6 Å². The maximum Gasteiger partial charge on any atom is 0.321 e. The molecule has 2 aromatic heterocycles. The van der Waals surface area contributed by atoms with Gasteiger partial charge in [0, 0.05) is 30.4 Å². The second-order valence-corrected chi connectivity index (χ2v) is 11.8. The maximum absolute atomic E-state index is 13.3. The lowest BCUT2D eigenvalue weighted by molar-refractivity contribution is -0.167. The molecule has 4 aromatic rings. The van der Waals surface area contributed by atoms with Crippen LogP contribution in [0.5, 0.6) is 0 Å². The molecule has 0 saturated heterocycles. The molecule has 8 nitrogen and oxygen atoms in total. The zero-order valence-electron chi connectivity index (χ0n) is 21.3. The molecule has 0 aliphatic heterocycles. The van der Waals surface area contributed by atoms with Crippen molar-refractivity contribution in [1.29, 1.82) is 0 Å². The number of imidazole rings is 1. The molecule has 2 atom stereocenters. The summed E-state index contributed by atoms with van der Waals surface area (Å²) >= 11 is 5.68. The summed E-state index contributed by atoms with van der Waals surface area (Å²) in [5, 5.41) is 4.46. The number of aromatic nitrogens is 2. The number of nitrogens with one attached hydrogen (secondary N) is 2. The quantitative estimate of drug-likeness (QED) is 0.262. The molecule has 10 heteroatoms. The van der Waals surface area contributed by atoms with Crippen LogP contribution in [0.25, 0.3) is 16.4 Å². The number of carbonyl (C=O) groups is 1. The Labute approximate surface area is 227 Å². The molecule has 198 valence electrons. The Kier molecular flexibility index (Phi) is 7.21. The number of rotatable bonds is 7. The molecule has 38 heavy (non-hydrogen) atoms. The number of ether oxygens (including phenoxy) is 1. The number of hydrogen-bond acceptors (Lipinski definition) is 6. The Morgan fingerprint density at radius 1 is 1.13 bits per heavy atom. The van der Waals surface area contributed by atoms with Crippen molar-refractivity contribution in [1.82, 2.24) is 19.4 Å². The highest BCUT2D eigenvalue weighted by molar-refractivity contribution is 7.89. The van der Waals surface area contributed by atoms with Gasteiger partial charge < -0.3 is 14.5 Å². The van der Waals surface area contributed by atoms with Gasteiger partial charge in [-0.1, -0.05) is 55.0 Å². The van der Waals surface area contributed by atoms with Crippen molar-refractivity contribution in [3.05, 3.63) is 78.2 Å². The fourth-order valence-corrected chi connectivity index (χ4v) is 6.96. The Balaban J connectivity index is 1.45. The third kappa shape index (κ3) is 4.91. The molecule has 2 heterocycles. The average Bonchev–Trinajstić information content (AvgIpc) is 3.30. The largest absolute Gasteiger partial charge is 0.452 e. The molecule has 0 amide bonds. The molecule has 1 aliphatic carbocycles. The Morgan fingerprint density at radius 3 is 2.74 bits per heavy atom. The van der Waals surface area contributed by atoms with E-state index in [1.54, 1.807) is 25.2 Å². The van der Waals surface area contributed by atoms with Gasteiger partial charge in [0.1, 0.15) is 17.8 Å². The molecule has 0 bridgehead atoms. The van der Waals surface area contributed by atoms with Crippen LogP contribution in [0.2, 0.25) is 0 Å². The minimum Gasteiger partial charge on any atom is -0.452 e. The smallest absolute Gasteiger partial charge is 0.321 e. The van der Waals surface area contributed by atoms with Gasteiger partial charge >= 0.3 is 5.97 Å². The van der Waals surface area contributed by atoms with E-state index < -0.39 is 28.1 Å². The lowest BCUT2D eigenvalue weighted by atomic mass is 9.71. The number of nitrogens with zero attached hydrogens (tertiary/aromatic N) is 2. The summed E-state index contributed by atoms with van der Waals surface area (Å²) in [6.07, 6.45) is 6.96. The van der Waals surface area contributed by atoms with Gasteiger partial charge in [0.2, 0.25) is 10.0 Å². The van der Waals surface area contributed by atoms with E-state index >= 15 is 0 Å². The monoisotopic (exact) mass is 550 g/mol. The van der Waals surface area contributed by atoms with Crippen LogP contribution in [0.3, 0.4) is 0 Å². The first-order chi connectivity index (χ1) is 18.2. The first-order valence-electron chi connectivity index (χ1n) is 12.6. The summed E-state index contributed by atoms with van der Waals surface area (Å²) < 4.78 is 37.0. The Bertz CT molecular complexity index is 1630. The van der Waals surface area contributed by atoms with Crippen LogP contribution < -0.4 is 10.0 Å². The number of fused-ring (bicyclic) bond motifs is 2. The lowest BCUT2D eigenvalue weighted by Crippen LogP contribution is -2.49. The zero-order chi connectivity index (χ0) is 26.9. The number of aryl methyl sites for hydroxylation is 1. The first-order valence-corrected chi connectivity index (χ1v) is 14.5. The molecule has 5 rings (SSSR count). The van der Waals surface area contributed by atoms with E-state index in [1.807, 2.05) is 54.0 Å². The third-order valence-electron chi connectivity index (χ3n) is 7.22. The molecule has 2 unspecified atom stereocenters. The molecular weight excluding hydrogens is 520 g/mol. The summed E-state index contributed by atoms with van der Waals surface area (Å²) in [6, 6.07) is 16.1. The van der Waals surface area contributed by atoms with E-state index in [1.165, 1.54) is 6.07 Å². The lowest BCUT2D eigenvalue weighted by Gasteiger charge is -2.44. The average molecular weight is 551 g/mol. The van der Waals surface area contributed by atoms with E-state index in [9.17, 15) is 13.2 Å². The summed E-state index contributed by atoms with van der Waals surface area (Å²) in [7, 11) is -2.20. The van der Waals surface area contributed by atoms with Crippen molar-refractivity contribution in [2.45, 2.75) is 43.1 Å². The van der Waals surface area contributed by atoms with Gasteiger partial charge in [-0.05, 0) is 49.8 Å². The van der Waals surface area contributed by atoms with E-state index in [-0.39, 0.29) is 10.8 Å². The van der Waals surface area contributed by atoms with Crippen LogP contribution >= 0.6 is 12.2 Å². The highest BCUT2D eigenvalue weighted by Crippen LogP contribution is 2.45. The van der Waals surface area contributed by atoms with Crippen LogP contribution in [0, 0.1) is 12.8 Å². The van der Waals surface area contributed by atoms with Crippen molar-refractivity contribution in [3.63, 3.8) is 0 Å². The van der Waals surface area contributed by atoms with Gasteiger partial charge in [0.15, 0.2) is 0 Å². The standard InChI is InChI=1S/C28H30N4O4S2/c1-19-17-32-18-21(13-14-25(32)31-19)28(15-6-5-11-23(28)27(37)29-2)36-26(33)16-30-38(34,35)24-12-7-9-20-8-3-4-10-22(20)24/h3-4,7-10,12-14,17-18,23,30H,5-6,11,15-16H2,1-2H3,(H,29,37). The van der Waals surface area contributed by atoms with Crippen LogP contribution in [0.15, 0.2) is 71.9 Å². The number of sulfonamides is 1. The molecule has 1 aliphatic rings. The van der Waals surface area contributed by atoms with Gasteiger partial charge in [-0.3, -0.25) is 4.79 Å². The van der Waals surface area contributed by atoms with Crippen LogP contribution in [-0.2, 0) is 25.2 Å². The van der Waals surface area contributed by atoms with Gasteiger partial charge in [0.05, 0.1) is 21.5 Å². The predicted octanol–water partition coefficient (Wildman–Crippen LogP) is 4.25. The van der Waals surface area contributed by atoms with E-state index in [0.717, 1.165) is 41.6 Å². The molecule has 2 N–H and O–H groups in total. The fraction of sp³-hybridized carbons (Fsp3) is 0.321. The highest BCUT2D eigenvalue weighted by atomic mass is 32.2. The van der Waals surface area contributed by atoms with Crippen LogP contribution in [0.4, 0.5) is 0 Å². The molecular formula is C28H30N4O4S2. The van der Waals surface area contributed by atoms with Crippen molar-refractivity contribution in [2.24, 2.45) is 5.92 Å². The van der Waals surface area contributed by atoms with E-state index in [0.29, 0.717) is 16.8 Å². The number of pyridine rings is 1. The normalized spacial score (nSPS) is 19.9. The van der Waals surface area contributed by atoms with Crippen molar-refractivity contribution < 1.29 is 17.9 Å². The molecule has 2 aromatic carbocycles. The number of thiocarbonyl (C=S) groups is 1. The van der Waals surface area contributed by atoms with Crippen LogP contribution in [0.1, 0.15) is 36.9 Å². The van der Waals surface area contributed by atoms with Gasteiger partial charge in [0.25, 0.3) is 0 Å². The van der Waals surface area contributed by atoms with Crippen LogP contribution in [-0.4, -0.2) is 42.4 Å². The summed E-state index contributed by atoms with van der Waals surface area (Å²) in [5.41, 5.74) is 1.43. The fourth-order valence-electron chi connectivity index (χ4n) is 5.46. The third-order valence-corrected chi connectivity index (χ3v) is 9.17. The summed E-state index contributed by atoms with van der Waals surface area (Å²) in [6.45, 7) is 1.42. The minimum atomic E-state index is -3.97. The topological polar surface area (TPSA) is 102 Å². The number of benzene rings is 2. The van der Waals surface area contributed by atoms with Crippen molar-refractivity contribution in [3.8, 4) is 0 Å². The van der Waals surface area contributed by atoms with Gasteiger partial charge in [-0.15, -0.1) is 0 Å². The number of esters is 1. The Morgan fingerprint density at radius 2 is 1.92 bits per heavy atom. The second-order valence-electron chi connectivity index (χ2n) is 9.64. The van der Waals surface area contributed by atoms with Crippen molar-refractivity contribution in [2.75, 3.05) is 13.6 Å². The SMILES string of the molecule is CNC(=S)C1CCCCC1(OC(=O)CNS(=O)(=O)c1cccc2ccccc12)c1ccc2nc(C)cn2c1. The van der Waals surface area contributed by atoms with Gasteiger partial charge in [-0.25, -0.2) is 13.4 Å².